The third-order valence-electron chi connectivity index (χ3n) is 4.21. The molecule has 0 radical (unpaired) electrons. The minimum atomic E-state index is -0.939. The fourth-order valence-electron chi connectivity index (χ4n) is 3.09. The second kappa shape index (κ2) is 5.78. The summed E-state index contributed by atoms with van der Waals surface area (Å²) >= 11 is 0. The molecule has 1 aromatic heterocycles. The van der Waals surface area contributed by atoms with E-state index in [1.165, 1.54) is 6.07 Å². The fourth-order valence-corrected chi connectivity index (χ4v) is 3.09. The number of aromatic nitrogens is 1. The van der Waals surface area contributed by atoms with Crippen molar-refractivity contribution in [2.45, 2.75) is 25.5 Å². The molecule has 2 heterocycles. The van der Waals surface area contributed by atoms with Gasteiger partial charge in [-0.15, -0.1) is 0 Å². The Hall–Kier alpha value is -1.79. The molecule has 0 saturated carbocycles. The SMILES string of the molecule is CO[C@@H]1C[C@@H](CO)N(c2cc(C)nc3c(F)c(F)ccc23)C1. The molecule has 6 heteroatoms. The van der Waals surface area contributed by atoms with Crippen LogP contribution in [0.3, 0.4) is 0 Å². The van der Waals surface area contributed by atoms with Gasteiger partial charge in [0.15, 0.2) is 11.6 Å². The Labute approximate surface area is 127 Å². The number of hydrogen-bond donors (Lipinski definition) is 1. The van der Waals surface area contributed by atoms with Gasteiger partial charge in [-0.1, -0.05) is 0 Å². The van der Waals surface area contributed by atoms with Gasteiger partial charge in [-0.25, -0.2) is 13.8 Å². The quantitative estimate of drug-likeness (QED) is 0.946. The molecule has 3 rings (SSSR count). The molecule has 0 aliphatic carbocycles. The highest BCUT2D eigenvalue weighted by molar-refractivity contribution is 5.92. The predicted molar refractivity (Wildman–Crippen MR) is 80.0 cm³/mol. The van der Waals surface area contributed by atoms with E-state index in [2.05, 4.69) is 4.98 Å². The Bertz CT molecular complexity index is 708. The molecule has 1 aliphatic rings. The first-order valence-corrected chi connectivity index (χ1v) is 7.20. The third-order valence-corrected chi connectivity index (χ3v) is 4.21. The van der Waals surface area contributed by atoms with Gasteiger partial charge >= 0.3 is 0 Å². The number of rotatable bonds is 3. The molecule has 1 aromatic carbocycles. The van der Waals surface area contributed by atoms with Crippen LogP contribution in [0.25, 0.3) is 10.9 Å². The number of hydrogen-bond acceptors (Lipinski definition) is 4. The molecule has 1 fully saturated rings. The van der Waals surface area contributed by atoms with Gasteiger partial charge in [0, 0.05) is 30.4 Å². The van der Waals surface area contributed by atoms with Gasteiger partial charge < -0.3 is 14.7 Å². The molecule has 1 N–H and O–H groups in total. The van der Waals surface area contributed by atoms with Crippen LogP contribution < -0.4 is 4.90 Å². The van der Waals surface area contributed by atoms with Crippen LogP contribution in [0.5, 0.6) is 0 Å². The van der Waals surface area contributed by atoms with E-state index in [1.54, 1.807) is 14.0 Å². The summed E-state index contributed by atoms with van der Waals surface area (Å²) in [6.45, 7) is 2.32. The maximum absolute atomic E-state index is 14.0. The van der Waals surface area contributed by atoms with Crippen LogP contribution in [0.1, 0.15) is 12.1 Å². The van der Waals surface area contributed by atoms with Crippen LogP contribution >= 0.6 is 0 Å². The highest BCUT2D eigenvalue weighted by atomic mass is 19.2. The minimum absolute atomic E-state index is 0.00552. The fraction of sp³-hybridized carbons (Fsp3) is 0.438. The first kappa shape index (κ1) is 15.1. The molecule has 2 atom stereocenters. The molecule has 0 bridgehead atoms. The molecule has 2 aromatic rings. The Balaban J connectivity index is 2.16. The van der Waals surface area contributed by atoms with E-state index in [9.17, 15) is 13.9 Å². The van der Waals surface area contributed by atoms with Gasteiger partial charge in [0.1, 0.15) is 5.52 Å². The molecule has 0 spiro atoms. The van der Waals surface area contributed by atoms with E-state index in [0.717, 1.165) is 11.8 Å². The van der Waals surface area contributed by atoms with Gasteiger partial charge in [0.05, 0.1) is 18.8 Å². The lowest BCUT2D eigenvalue weighted by atomic mass is 10.1. The minimum Gasteiger partial charge on any atom is -0.394 e. The second-order valence-corrected chi connectivity index (χ2v) is 5.62. The van der Waals surface area contributed by atoms with Crippen molar-refractivity contribution in [1.29, 1.82) is 0 Å². The van der Waals surface area contributed by atoms with Crippen LogP contribution in [0.4, 0.5) is 14.5 Å². The van der Waals surface area contributed by atoms with Gasteiger partial charge in [-0.05, 0) is 31.5 Å². The number of aliphatic hydroxyl groups excluding tert-OH is 1. The molecule has 0 amide bonds. The monoisotopic (exact) mass is 308 g/mol. The van der Waals surface area contributed by atoms with Crippen molar-refractivity contribution >= 4 is 16.6 Å². The normalized spacial score (nSPS) is 21.8. The lowest BCUT2D eigenvalue weighted by Crippen LogP contribution is -2.32. The van der Waals surface area contributed by atoms with Crippen molar-refractivity contribution in [3.05, 3.63) is 35.5 Å². The van der Waals surface area contributed by atoms with E-state index in [-0.39, 0.29) is 24.3 Å². The lowest BCUT2D eigenvalue weighted by molar-refractivity contribution is 0.115. The summed E-state index contributed by atoms with van der Waals surface area (Å²) in [6, 6.07) is 4.36. The topological polar surface area (TPSA) is 45.6 Å². The molecular weight excluding hydrogens is 290 g/mol. The lowest BCUT2D eigenvalue weighted by Gasteiger charge is -2.26. The van der Waals surface area contributed by atoms with Crippen molar-refractivity contribution in [2.75, 3.05) is 25.2 Å². The summed E-state index contributed by atoms with van der Waals surface area (Å²) in [5, 5.41) is 10.1. The maximum Gasteiger partial charge on any atom is 0.185 e. The summed E-state index contributed by atoms with van der Waals surface area (Å²) < 4.78 is 32.9. The van der Waals surface area contributed by atoms with Crippen molar-refractivity contribution in [2.24, 2.45) is 0 Å². The molecule has 118 valence electrons. The van der Waals surface area contributed by atoms with Crippen LogP contribution in [-0.2, 0) is 4.74 Å². The average molecular weight is 308 g/mol. The van der Waals surface area contributed by atoms with Crippen LogP contribution in [0, 0.1) is 18.6 Å². The zero-order chi connectivity index (χ0) is 15.9. The summed E-state index contributed by atoms with van der Waals surface area (Å²) in [5.41, 5.74) is 1.37. The van der Waals surface area contributed by atoms with Crippen LogP contribution in [0.15, 0.2) is 18.2 Å². The average Bonchev–Trinajstić information content (AvgIpc) is 2.94. The summed E-state index contributed by atoms with van der Waals surface area (Å²) in [7, 11) is 1.63. The number of benzene rings is 1. The summed E-state index contributed by atoms with van der Waals surface area (Å²) in [4.78, 5) is 6.11. The number of nitrogens with zero attached hydrogens (tertiary/aromatic N) is 2. The van der Waals surface area contributed by atoms with Crippen molar-refractivity contribution in [3.63, 3.8) is 0 Å². The number of halogens is 2. The van der Waals surface area contributed by atoms with Crippen molar-refractivity contribution in [1.82, 2.24) is 4.98 Å². The Morgan fingerprint density at radius 3 is 2.86 bits per heavy atom. The number of aliphatic hydroxyl groups is 1. The van der Waals surface area contributed by atoms with E-state index in [0.29, 0.717) is 24.0 Å². The standard InChI is InChI=1S/C16H18F2N2O2/c1-9-5-14(20-7-11(22-2)6-10(20)8-21)12-3-4-13(17)15(18)16(12)19-9/h3-5,10-11,21H,6-8H2,1-2H3/t10-,11+/m0/s1. The smallest absolute Gasteiger partial charge is 0.185 e. The number of ether oxygens (including phenoxy) is 1. The summed E-state index contributed by atoms with van der Waals surface area (Å²) in [6.07, 6.45) is 0.700. The van der Waals surface area contributed by atoms with Crippen LogP contribution in [0.2, 0.25) is 0 Å². The number of methoxy groups -OCH3 is 1. The second-order valence-electron chi connectivity index (χ2n) is 5.62. The van der Waals surface area contributed by atoms with E-state index >= 15 is 0 Å². The number of fused-ring (bicyclic) bond motifs is 1. The summed E-state index contributed by atoms with van der Waals surface area (Å²) in [5.74, 6) is -1.85. The Morgan fingerprint density at radius 1 is 1.41 bits per heavy atom. The highest BCUT2D eigenvalue weighted by Gasteiger charge is 2.33. The van der Waals surface area contributed by atoms with Gasteiger partial charge in [0.2, 0.25) is 0 Å². The van der Waals surface area contributed by atoms with Crippen LogP contribution in [-0.4, -0.2) is 42.5 Å². The molecule has 4 nitrogen and oxygen atoms in total. The van der Waals surface area contributed by atoms with E-state index in [1.807, 2.05) is 11.0 Å². The Kier molecular flexibility index (Phi) is 3.97. The molecule has 22 heavy (non-hydrogen) atoms. The van der Waals surface area contributed by atoms with E-state index in [4.69, 9.17) is 4.74 Å². The first-order valence-electron chi connectivity index (χ1n) is 7.20. The number of anilines is 1. The van der Waals surface area contributed by atoms with Gasteiger partial charge in [0.25, 0.3) is 0 Å². The molecular formula is C16H18F2N2O2. The first-order chi connectivity index (χ1) is 10.5. The molecule has 1 saturated heterocycles. The molecule has 1 aliphatic heterocycles. The molecule has 0 unspecified atom stereocenters. The van der Waals surface area contributed by atoms with Crippen molar-refractivity contribution in [3.8, 4) is 0 Å². The maximum atomic E-state index is 14.0. The zero-order valence-electron chi connectivity index (χ0n) is 12.5. The Morgan fingerprint density at radius 2 is 2.18 bits per heavy atom. The highest BCUT2D eigenvalue weighted by Crippen LogP contribution is 2.34. The number of aryl methyl sites for hydroxylation is 1. The van der Waals surface area contributed by atoms with E-state index < -0.39 is 11.6 Å². The van der Waals surface area contributed by atoms with Gasteiger partial charge in [-0.3, -0.25) is 0 Å². The number of pyridine rings is 1. The van der Waals surface area contributed by atoms with Crippen molar-refractivity contribution < 1.29 is 18.6 Å². The predicted octanol–water partition coefficient (Wildman–Crippen LogP) is 2.41. The zero-order valence-corrected chi connectivity index (χ0v) is 12.5. The van der Waals surface area contributed by atoms with Gasteiger partial charge in [-0.2, -0.15) is 0 Å². The largest absolute Gasteiger partial charge is 0.394 e. The third kappa shape index (κ3) is 2.42.